The molecule has 0 spiro atoms. The molecule has 1 atom stereocenters. The summed E-state index contributed by atoms with van der Waals surface area (Å²) in [7, 11) is 0. The van der Waals surface area contributed by atoms with Crippen molar-refractivity contribution in [3.8, 4) is 0 Å². The van der Waals surface area contributed by atoms with Gasteiger partial charge in [0, 0.05) is 11.1 Å². The standard InChI is InChI=1S/C13H15FN2/c1-9-8-11(12(14)6-7-15)10-4-2-3-5-13(10)16-9/h2-5,8,12H,6-7,15H2,1H3. The predicted molar refractivity (Wildman–Crippen MR) is 64.0 cm³/mol. The second kappa shape index (κ2) is 4.58. The Balaban J connectivity index is 2.58. The minimum atomic E-state index is -1.00. The second-order valence-corrected chi connectivity index (χ2v) is 3.91. The lowest BCUT2D eigenvalue weighted by molar-refractivity contribution is 0.329. The third-order valence-electron chi connectivity index (χ3n) is 2.63. The van der Waals surface area contributed by atoms with Gasteiger partial charge in [0.2, 0.25) is 0 Å². The molecule has 84 valence electrons. The summed E-state index contributed by atoms with van der Waals surface area (Å²) in [5.74, 6) is 0. The molecular weight excluding hydrogens is 203 g/mol. The van der Waals surface area contributed by atoms with Gasteiger partial charge in [-0.15, -0.1) is 0 Å². The number of alkyl halides is 1. The molecule has 0 radical (unpaired) electrons. The summed E-state index contributed by atoms with van der Waals surface area (Å²) in [6, 6.07) is 9.43. The molecule has 0 aliphatic carbocycles. The zero-order valence-electron chi connectivity index (χ0n) is 9.28. The van der Waals surface area contributed by atoms with E-state index in [0.29, 0.717) is 18.5 Å². The van der Waals surface area contributed by atoms with Crippen LogP contribution in [0.5, 0.6) is 0 Å². The lowest BCUT2D eigenvalue weighted by Gasteiger charge is -2.11. The summed E-state index contributed by atoms with van der Waals surface area (Å²) in [6.07, 6.45) is -0.649. The molecule has 0 fully saturated rings. The molecule has 2 rings (SSSR count). The van der Waals surface area contributed by atoms with Crippen molar-refractivity contribution < 1.29 is 4.39 Å². The average molecular weight is 218 g/mol. The van der Waals surface area contributed by atoms with Gasteiger partial charge in [0.25, 0.3) is 0 Å². The molecule has 1 aromatic carbocycles. The molecule has 2 N–H and O–H groups in total. The number of halogens is 1. The van der Waals surface area contributed by atoms with Crippen molar-refractivity contribution in [3.05, 3.63) is 41.6 Å². The SMILES string of the molecule is Cc1cc(C(F)CCN)c2ccccc2n1. The van der Waals surface area contributed by atoms with Crippen molar-refractivity contribution in [2.75, 3.05) is 6.54 Å². The second-order valence-electron chi connectivity index (χ2n) is 3.91. The van der Waals surface area contributed by atoms with E-state index in [2.05, 4.69) is 4.98 Å². The fraction of sp³-hybridized carbons (Fsp3) is 0.308. The first kappa shape index (κ1) is 11.0. The third kappa shape index (κ3) is 2.04. The van der Waals surface area contributed by atoms with Crippen LogP contribution < -0.4 is 5.73 Å². The van der Waals surface area contributed by atoms with Gasteiger partial charge in [-0.1, -0.05) is 18.2 Å². The lowest BCUT2D eigenvalue weighted by atomic mass is 10.0. The maximum Gasteiger partial charge on any atom is 0.127 e. The van der Waals surface area contributed by atoms with Crippen LogP contribution in [0.3, 0.4) is 0 Å². The van der Waals surface area contributed by atoms with Crippen molar-refractivity contribution >= 4 is 10.9 Å². The Labute approximate surface area is 94.3 Å². The van der Waals surface area contributed by atoms with Crippen LogP contribution in [-0.4, -0.2) is 11.5 Å². The molecule has 1 aromatic heterocycles. The molecule has 16 heavy (non-hydrogen) atoms. The lowest BCUT2D eigenvalue weighted by Crippen LogP contribution is -2.04. The minimum Gasteiger partial charge on any atom is -0.330 e. The predicted octanol–water partition coefficient (Wildman–Crippen LogP) is 2.90. The van der Waals surface area contributed by atoms with E-state index in [9.17, 15) is 4.39 Å². The van der Waals surface area contributed by atoms with Gasteiger partial charge >= 0.3 is 0 Å². The Morgan fingerprint density at radius 2 is 2.12 bits per heavy atom. The Bertz CT molecular complexity index is 496. The first-order valence-electron chi connectivity index (χ1n) is 5.43. The number of aryl methyl sites for hydroxylation is 1. The topological polar surface area (TPSA) is 38.9 Å². The van der Waals surface area contributed by atoms with E-state index in [1.54, 1.807) is 0 Å². The number of hydrogen-bond acceptors (Lipinski definition) is 2. The van der Waals surface area contributed by atoms with Crippen LogP contribution in [0.1, 0.15) is 23.8 Å². The zero-order chi connectivity index (χ0) is 11.5. The molecule has 0 bridgehead atoms. The molecule has 2 nitrogen and oxygen atoms in total. The normalized spacial score (nSPS) is 12.9. The van der Waals surface area contributed by atoms with Gasteiger partial charge < -0.3 is 5.73 Å². The van der Waals surface area contributed by atoms with Crippen LogP contribution in [-0.2, 0) is 0 Å². The van der Waals surface area contributed by atoms with E-state index in [4.69, 9.17) is 5.73 Å². The van der Waals surface area contributed by atoms with Crippen LogP contribution in [0.2, 0.25) is 0 Å². The van der Waals surface area contributed by atoms with E-state index in [1.165, 1.54) is 0 Å². The van der Waals surface area contributed by atoms with Crippen molar-refractivity contribution in [3.63, 3.8) is 0 Å². The van der Waals surface area contributed by atoms with Gasteiger partial charge in [-0.2, -0.15) is 0 Å². The van der Waals surface area contributed by atoms with Gasteiger partial charge in [0.05, 0.1) is 5.52 Å². The third-order valence-corrected chi connectivity index (χ3v) is 2.63. The number of aromatic nitrogens is 1. The quantitative estimate of drug-likeness (QED) is 0.860. The number of rotatable bonds is 3. The first-order valence-corrected chi connectivity index (χ1v) is 5.43. The zero-order valence-corrected chi connectivity index (χ0v) is 9.28. The molecular formula is C13H15FN2. The molecule has 0 aliphatic heterocycles. The van der Waals surface area contributed by atoms with Crippen molar-refractivity contribution in [1.29, 1.82) is 0 Å². The van der Waals surface area contributed by atoms with E-state index in [1.807, 2.05) is 37.3 Å². The van der Waals surface area contributed by atoms with Gasteiger partial charge in [-0.25, -0.2) is 4.39 Å². The summed E-state index contributed by atoms with van der Waals surface area (Å²) < 4.78 is 13.9. The highest BCUT2D eigenvalue weighted by atomic mass is 19.1. The summed E-state index contributed by atoms with van der Waals surface area (Å²) in [6.45, 7) is 2.24. The van der Waals surface area contributed by atoms with E-state index in [-0.39, 0.29) is 0 Å². The minimum absolute atomic E-state index is 0.355. The van der Waals surface area contributed by atoms with Crippen LogP contribution in [0, 0.1) is 6.92 Å². The molecule has 1 heterocycles. The Morgan fingerprint density at radius 3 is 2.88 bits per heavy atom. The highest BCUT2D eigenvalue weighted by Gasteiger charge is 2.13. The molecule has 0 aliphatic rings. The van der Waals surface area contributed by atoms with E-state index in [0.717, 1.165) is 16.6 Å². The number of nitrogens with zero attached hydrogens (tertiary/aromatic N) is 1. The number of benzene rings is 1. The fourth-order valence-corrected chi connectivity index (χ4v) is 1.90. The Morgan fingerprint density at radius 1 is 1.38 bits per heavy atom. The van der Waals surface area contributed by atoms with Crippen LogP contribution in [0.15, 0.2) is 30.3 Å². The fourth-order valence-electron chi connectivity index (χ4n) is 1.90. The highest BCUT2D eigenvalue weighted by Crippen LogP contribution is 2.28. The van der Waals surface area contributed by atoms with E-state index >= 15 is 0 Å². The maximum atomic E-state index is 13.9. The number of pyridine rings is 1. The average Bonchev–Trinajstić information content (AvgIpc) is 2.28. The smallest absolute Gasteiger partial charge is 0.127 e. The van der Waals surface area contributed by atoms with Crippen molar-refractivity contribution in [1.82, 2.24) is 4.98 Å². The van der Waals surface area contributed by atoms with Crippen LogP contribution in [0.25, 0.3) is 10.9 Å². The molecule has 1 unspecified atom stereocenters. The number of hydrogen-bond donors (Lipinski definition) is 1. The summed E-state index contributed by atoms with van der Waals surface area (Å²) in [4.78, 5) is 4.38. The highest BCUT2D eigenvalue weighted by molar-refractivity contribution is 5.82. The van der Waals surface area contributed by atoms with Gasteiger partial charge in [-0.05, 0) is 37.6 Å². The molecule has 0 amide bonds. The largest absolute Gasteiger partial charge is 0.330 e. The summed E-state index contributed by atoms with van der Waals surface area (Å²) >= 11 is 0. The Hall–Kier alpha value is -1.48. The van der Waals surface area contributed by atoms with E-state index < -0.39 is 6.17 Å². The summed E-state index contributed by atoms with van der Waals surface area (Å²) in [5.41, 5.74) is 7.78. The molecule has 3 heteroatoms. The van der Waals surface area contributed by atoms with Gasteiger partial charge in [0.15, 0.2) is 0 Å². The maximum absolute atomic E-state index is 13.9. The first-order chi connectivity index (χ1) is 7.72. The number of nitrogens with two attached hydrogens (primary N) is 1. The van der Waals surface area contributed by atoms with Crippen LogP contribution in [0.4, 0.5) is 4.39 Å². The number of fused-ring (bicyclic) bond motifs is 1. The molecule has 0 saturated heterocycles. The van der Waals surface area contributed by atoms with Crippen molar-refractivity contribution in [2.24, 2.45) is 5.73 Å². The monoisotopic (exact) mass is 218 g/mol. The van der Waals surface area contributed by atoms with Gasteiger partial charge in [0.1, 0.15) is 6.17 Å². The molecule has 2 aromatic rings. The number of para-hydroxylation sites is 1. The van der Waals surface area contributed by atoms with Gasteiger partial charge in [-0.3, -0.25) is 4.98 Å². The Kier molecular flexibility index (Phi) is 3.15. The van der Waals surface area contributed by atoms with Crippen LogP contribution >= 0.6 is 0 Å². The molecule has 0 saturated carbocycles. The van der Waals surface area contributed by atoms with Crippen molar-refractivity contribution in [2.45, 2.75) is 19.5 Å². The summed E-state index contributed by atoms with van der Waals surface area (Å²) in [5, 5.41) is 0.883.